The van der Waals surface area contributed by atoms with E-state index in [0.717, 1.165) is 18.8 Å². The highest BCUT2D eigenvalue weighted by Crippen LogP contribution is 2.19. The van der Waals surface area contributed by atoms with Crippen molar-refractivity contribution in [3.8, 4) is 0 Å². The van der Waals surface area contributed by atoms with Crippen LogP contribution in [0.25, 0.3) is 0 Å². The van der Waals surface area contributed by atoms with Crippen LogP contribution in [0.5, 0.6) is 0 Å². The summed E-state index contributed by atoms with van der Waals surface area (Å²) in [5.41, 5.74) is 2.22. The number of carbonyl (C=O) groups is 1. The first-order chi connectivity index (χ1) is 9.45. The molecule has 0 aliphatic heterocycles. The molecule has 6 nitrogen and oxygen atoms in total. The molecule has 2 N–H and O–H groups in total. The molecule has 1 aromatic heterocycles. The number of pyridine rings is 1. The lowest BCUT2D eigenvalue weighted by Crippen LogP contribution is -2.28. The number of aromatic carboxylic acids is 1. The predicted molar refractivity (Wildman–Crippen MR) is 78.5 cm³/mol. The number of carboxylic acids is 1. The second kappa shape index (κ2) is 7.81. The summed E-state index contributed by atoms with van der Waals surface area (Å²) in [6, 6.07) is 1.77. The van der Waals surface area contributed by atoms with Crippen molar-refractivity contribution in [2.75, 3.05) is 45.7 Å². The number of likely N-dealkylation sites (N-methyl/N-ethyl adjacent to an activating group) is 1. The van der Waals surface area contributed by atoms with Crippen LogP contribution in [-0.2, 0) is 4.74 Å². The second-order valence-corrected chi connectivity index (χ2v) is 4.80. The van der Waals surface area contributed by atoms with Gasteiger partial charge in [0.15, 0.2) is 0 Å². The van der Waals surface area contributed by atoms with E-state index in [1.165, 1.54) is 0 Å². The summed E-state index contributed by atoms with van der Waals surface area (Å²) in [6.45, 7) is 6.58. The van der Waals surface area contributed by atoms with Crippen LogP contribution in [0.15, 0.2) is 6.07 Å². The fourth-order valence-electron chi connectivity index (χ4n) is 1.98. The van der Waals surface area contributed by atoms with Crippen LogP contribution in [0.3, 0.4) is 0 Å². The van der Waals surface area contributed by atoms with Gasteiger partial charge in [-0.3, -0.25) is 4.98 Å². The average Bonchev–Trinajstić information content (AvgIpc) is 2.34. The number of nitrogens with zero attached hydrogens (tertiary/aromatic N) is 2. The van der Waals surface area contributed by atoms with Gasteiger partial charge in [0.05, 0.1) is 18.0 Å². The van der Waals surface area contributed by atoms with Gasteiger partial charge < -0.3 is 20.1 Å². The van der Waals surface area contributed by atoms with Crippen LogP contribution >= 0.6 is 0 Å². The fourth-order valence-corrected chi connectivity index (χ4v) is 1.98. The van der Waals surface area contributed by atoms with Crippen LogP contribution in [0, 0.1) is 13.8 Å². The van der Waals surface area contributed by atoms with Crippen molar-refractivity contribution < 1.29 is 14.6 Å². The predicted octanol–water partition coefficient (Wildman–Crippen LogP) is 1.39. The first-order valence-electron chi connectivity index (χ1n) is 6.58. The molecule has 112 valence electrons. The van der Waals surface area contributed by atoms with Crippen molar-refractivity contribution in [3.05, 3.63) is 23.0 Å². The number of rotatable bonds is 8. The molecule has 0 aliphatic carbocycles. The van der Waals surface area contributed by atoms with Gasteiger partial charge in [-0.15, -0.1) is 0 Å². The highest BCUT2D eigenvalue weighted by molar-refractivity contribution is 5.95. The van der Waals surface area contributed by atoms with Gasteiger partial charge >= 0.3 is 5.97 Å². The van der Waals surface area contributed by atoms with Gasteiger partial charge in [-0.25, -0.2) is 4.79 Å². The van der Waals surface area contributed by atoms with Crippen LogP contribution < -0.4 is 5.32 Å². The number of anilines is 1. The maximum atomic E-state index is 11.3. The van der Waals surface area contributed by atoms with Crippen molar-refractivity contribution in [2.24, 2.45) is 0 Å². The number of carboxylic acid groups (broad SMARTS) is 1. The van der Waals surface area contributed by atoms with E-state index in [1.807, 2.05) is 14.0 Å². The Morgan fingerprint density at radius 2 is 2.15 bits per heavy atom. The highest BCUT2D eigenvalue weighted by Gasteiger charge is 2.15. The molecule has 0 saturated heterocycles. The van der Waals surface area contributed by atoms with Gasteiger partial charge in [-0.2, -0.15) is 0 Å². The van der Waals surface area contributed by atoms with E-state index in [4.69, 9.17) is 4.74 Å². The van der Waals surface area contributed by atoms with Crippen molar-refractivity contribution in [3.63, 3.8) is 0 Å². The summed E-state index contributed by atoms with van der Waals surface area (Å²) in [4.78, 5) is 17.6. The van der Waals surface area contributed by atoms with Gasteiger partial charge in [-0.1, -0.05) is 0 Å². The number of hydrogen-bond donors (Lipinski definition) is 2. The summed E-state index contributed by atoms with van der Waals surface area (Å²) >= 11 is 0. The largest absolute Gasteiger partial charge is 0.478 e. The molecular weight excluding hydrogens is 258 g/mol. The fraction of sp³-hybridized carbons (Fsp3) is 0.571. The highest BCUT2D eigenvalue weighted by atomic mass is 16.5. The number of methoxy groups -OCH3 is 1. The van der Waals surface area contributed by atoms with Crippen LogP contribution in [-0.4, -0.2) is 61.4 Å². The second-order valence-electron chi connectivity index (χ2n) is 4.80. The molecule has 0 aliphatic rings. The Bertz CT molecular complexity index is 463. The van der Waals surface area contributed by atoms with E-state index in [2.05, 4.69) is 15.2 Å². The molecule has 0 radical (unpaired) electrons. The van der Waals surface area contributed by atoms with Gasteiger partial charge in [-0.05, 0) is 27.0 Å². The third-order valence-electron chi connectivity index (χ3n) is 3.03. The molecular formula is C14H23N3O3. The maximum absolute atomic E-state index is 11.3. The zero-order valence-corrected chi connectivity index (χ0v) is 12.6. The molecule has 1 heterocycles. The maximum Gasteiger partial charge on any atom is 0.339 e. The molecule has 0 aromatic carbocycles. The lowest BCUT2D eigenvalue weighted by Gasteiger charge is -2.18. The summed E-state index contributed by atoms with van der Waals surface area (Å²) < 4.78 is 5.01. The number of aromatic nitrogens is 1. The van der Waals surface area contributed by atoms with E-state index in [0.29, 0.717) is 24.5 Å². The van der Waals surface area contributed by atoms with Gasteiger partial charge in [0.25, 0.3) is 0 Å². The normalized spacial score (nSPS) is 10.8. The first kappa shape index (κ1) is 16.4. The first-order valence-corrected chi connectivity index (χ1v) is 6.58. The van der Waals surface area contributed by atoms with Crippen molar-refractivity contribution >= 4 is 11.7 Å². The van der Waals surface area contributed by atoms with Crippen molar-refractivity contribution in [1.82, 2.24) is 9.88 Å². The lowest BCUT2D eigenvalue weighted by molar-refractivity contribution is 0.0696. The van der Waals surface area contributed by atoms with Crippen LogP contribution in [0.1, 0.15) is 21.7 Å². The Morgan fingerprint density at radius 1 is 1.45 bits per heavy atom. The molecule has 0 amide bonds. The number of hydrogen-bond acceptors (Lipinski definition) is 5. The van der Waals surface area contributed by atoms with E-state index in [-0.39, 0.29) is 5.56 Å². The molecule has 0 fully saturated rings. The summed E-state index contributed by atoms with van der Waals surface area (Å²) in [6.07, 6.45) is 0. The van der Waals surface area contributed by atoms with Crippen LogP contribution in [0.2, 0.25) is 0 Å². The van der Waals surface area contributed by atoms with Gasteiger partial charge in [0.2, 0.25) is 0 Å². The molecule has 20 heavy (non-hydrogen) atoms. The van der Waals surface area contributed by atoms with Crippen molar-refractivity contribution in [1.29, 1.82) is 0 Å². The minimum Gasteiger partial charge on any atom is -0.478 e. The standard InChI is InChI=1S/C14H23N3O3/c1-10-9-12(13(14(18)19)11(2)16-10)15-5-6-17(3)7-8-20-4/h9H,5-8H2,1-4H3,(H,15,16)(H,18,19). The third-order valence-corrected chi connectivity index (χ3v) is 3.03. The van der Waals surface area contributed by atoms with Crippen molar-refractivity contribution in [2.45, 2.75) is 13.8 Å². The Labute approximate surface area is 119 Å². The summed E-state index contributed by atoms with van der Waals surface area (Å²) in [5.74, 6) is -0.953. The molecule has 1 rings (SSSR count). The van der Waals surface area contributed by atoms with E-state index >= 15 is 0 Å². The average molecular weight is 281 g/mol. The zero-order valence-electron chi connectivity index (χ0n) is 12.6. The molecule has 6 heteroatoms. The zero-order chi connectivity index (χ0) is 15.1. The third kappa shape index (κ3) is 4.79. The molecule has 0 spiro atoms. The number of nitrogens with one attached hydrogen (secondary N) is 1. The number of ether oxygens (including phenoxy) is 1. The molecule has 0 unspecified atom stereocenters. The molecule has 0 atom stereocenters. The molecule has 0 bridgehead atoms. The smallest absolute Gasteiger partial charge is 0.339 e. The van der Waals surface area contributed by atoms with E-state index in [9.17, 15) is 9.90 Å². The SMILES string of the molecule is COCCN(C)CCNc1cc(C)nc(C)c1C(=O)O. The van der Waals surface area contributed by atoms with Crippen LogP contribution in [0.4, 0.5) is 5.69 Å². The van der Waals surface area contributed by atoms with E-state index in [1.54, 1.807) is 20.1 Å². The Balaban J connectivity index is 2.65. The minimum absolute atomic E-state index is 0.246. The molecule has 0 saturated carbocycles. The van der Waals surface area contributed by atoms with E-state index < -0.39 is 5.97 Å². The van der Waals surface area contributed by atoms with Gasteiger partial charge in [0, 0.05) is 32.4 Å². The number of aryl methyl sites for hydroxylation is 2. The Kier molecular flexibility index (Phi) is 6.41. The Hall–Kier alpha value is -1.66. The quantitative estimate of drug-likeness (QED) is 0.750. The molecule has 1 aromatic rings. The lowest BCUT2D eigenvalue weighted by atomic mass is 10.1. The monoisotopic (exact) mass is 281 g/mol. The topological polar surface area (TPSA) is 74.7 Å². The summed E-state index contributed by atoms with van der Waals surface area (Å²) in [5, 5.41) is 12.4. The Morgan fingerprint density at radius 3 is 2.75 bits per heavy atom. The minimum atomic E-state index is -0.953. The summed E-state index contributed by atoms with van der Waals surface area (Å²) in [7, 11) is 3.68. The van der Waals surface area contributed by atoms with Gasteiger partial charge in [0.1, 0.15) is 5.56 Å².